The molecule has 0 aliphatic heterocycles. The number of rotatable bonds is 7. The van der Waals surface area contributed by atoms with Crippen LogP contribution in [0, 0.1) is 0 Å². The van der Waals surface area contributed by atoms with E-state index in [0.29, 0.717) is 29.4 Å². The fraction of sp³-hybridized carbons (Fsp3) is 0.235. The van der Waals surface area contributed by atoms with E-state index in [1.54, 1.807) is 41.1 Å². The third-order valence-corrected chi connectivity index (χ3v) is 5.27. The number of hydrogen-bond acceptors (Lipinski definition) is 7. The lowest BCUT2D eigenvalue weighted by atomic mass is 10.2. The van der Waals surface area contributed by atoms with Gasteiger partial charge in [0.05, 0.1) is 19.9 Å². The highest BCUT2D eigenvalue weighted by molar-refractivity contribution is 7.92. The molecule has 0 bridgehead atoms. The highest BCUT2D eigenvalue weighted by Crippen LogP contribution is 2.30. The van der Waals surface area contributed by atoms with Crippen LogP contribution in [-0.2, 0) is 16.6 Å². The van der Waals surface area contributed by atoms with Crippen molar-refractivity contribution in [3.8, 4) is 22.9 Å². The Labute approximate surface area is 157 Å². The Morgan fingerprint density at radius 1 is 1.11 bits per heavy atom. The second-order valence-corrected chi connectivity index (χ2v) is 7.17. The fourth-order valence-electron chi connectivity index (χ4n) is 2.55. The summed E-state index contributed by atoms with van der Waals surface area (Å²) in [4.78, 5) is -0.0176. The second kappa shape index (κ2) is 7.62. The summed E-state index contributed by atoms with van der Waals surface area (Å²) in [6.45, 7) is 2.45. The van der Waals surface area contributed by atoms with Gasteiger partial charge in [-0.05, 0) is 47.7 Å². The molecular weight excluding hydrogens is 370 g/mol. The van der Waals surface area contributed by atoms with Crippen LogP contribution in [0.3, 0.4) is 0 Å². The minimum Gasteiger partial charge on any atom is -0.497 e. The minimum absolute atomic E-state index is 0.0176. The molecule has 0 aliphatic rings. The molecule has 27 heavy (non-hydrogen) atoms. The van der Waals surface area contributed by atoms with Gasteiger partial charge in [-0.3, -0.25) is 4.72 Å². The normalized spacial score (nSPS) is 11.2. The number of aryl methyl sites for hydroxylation is 1. The maximum absolute atomic E-state index is 13.0. The van der Waals surface area contributed by atoms with E-state index in [2.05, 4.69) is 20.2 Å². The summed E-state index contributed by atoms with van der Waals surface area (Å²) >= 11 is 0. The summed E-state index contributed by atoms with van der Waals surface area (Å²) in [6.07, 6.45) is 0. The van der Waals surface area contributed by atoms with Crippen LogP contribution in [-0.4, -0.2) is 42.8 Å². The molecule has 0 amide bonds. The molecule has 1 heterocycles. The van der Waals surface area contributed by atoms with Gasteiger partial charge >= 0.3 is 0 Å². The molecule has 2 aromatic carbocycles. The van der Waals surface area contributed by atoms with Crippen molar-refractivity contribution in [1.29, 1.82) is 0 Å². The Kier molecular flexibility index (Phi) is 5.26. The molecule has 0 unspecified atom stereocenters. The number of hydrogen-bond donors (Lipinski definition) is 1. The van der Waals surface area contributed by atoms with Crippen molar-refractivity contribution in [3.05, 3.63) is 42.5 Å². The van der Waals surface area contributed by atoms with Gasteiger partial charge in [-0.1, -0.05) is 6.07 Å². The van der Waals surface area contributed by atoms with Crippen LogP contribution in [0.1, 0.15) is 6.92 Å². The molecule has 0 saturated heterocycles. The first kappa shape index (κ1) is 18.6. The summed E-state index contributed by atoms with van der Waals surface area (Å²) in [7, 11) is -0.998. The van der Waals surface area contributed by atoms with Crippen LogP contribution in [0.25, 0.3) is 11.4 Å². The van der Waals surface area contributed by atoms with Crippen molar-refractivity contribution >= 4 is 15.7 Å². The number of tetrazole rings is 1. The molecule has 1 aromatic heterocycles. The van der Waals surface area contributed by atoms with Crippen LogP contribution in [0.15, 0.2) is 47.4 Å². The Hall–Kier alpha value is -3.14. The third kappa shape index (κ3) is 3.85. The lowest BCUT2D eigenvalue weighted by Crippen LogP contribution is -2.14. The van der Waals surface area contributed by atoms with Crippen molar-refractivity contribution in [3.63, 3.8) is 0 Å². The van der Waals surface area contributed by atoms with E-state index in [0.717, 1.165) is 0 Å². The van der Waals surface area contributed by atoms with Crippen molar-refractivity contribution in [2.75, 3.05) is 18.9 Å². The number of ether oxygens (including phenoxy) is 2. The van der Waals surface area contributed by atoms with E-state index in [4.69, 9.17) is 9.47 Å². The van der Waals surface area contributed by atoms with E-state index in [-0.39, 0.29) is 10.6 Å². The summed E-state index contributed by atoms with van der Waals surface area (Å²) in [6, 6.07) is 11.4. The molecule has 9 nitrogen and oxygen atoms in total. The number of nitrogens with zero attached hydrogens (tertiary/aromatic N) is 4. The van der Waals surface area contributed by atoms with Gasteiger partial charge in [-0.2, -0.15) is 0 Å². The predicted octanol–water partition coefficient (Wildman–Crippen LogP) is 2.18. The number of methoxy groups -OCH3 is 2. The van der Waals surface area contributed by atoms with Gasteiger partial charge in [0.25, 0.3) is 10.0 Å². The zero-order chi connectivity index (χ0) is 19.4. The molecule has 0 spiro atoms. The van der Waals surface area contributed by atoms with E-state index < -0.39 is 10.0 Å². The first-order valence-electron chi connectivity index (χ1n) is 8.10. The molecule has 10 heteroatoms. The van der Waals surface area contributed by atoms with Crippen LogP contribution in [0.4, 0.5) is 5.69 Å². The average molecular weight is 389 g/mol. The molecule has 0 fully saturated rings. The second-order valence-electron chi connectivity index (χ2n) is 5.52. The Morgan fingerprint density at radius 3 is 2.63 bits per heavy atom. The molecule has 3 aromatic rings. The zero-order valence-electron chi connectivity index (χ0n) is 15.1. The largest absolute Gasteiger partial charge is 0.497 e. The number of aromatic nitrogens is 4. The van der Waals surface area contributed by atoms with Gasteiger partial charge in [-0.25, -0.2) is 13.1 Å². The average Bonchev–Trinajstić information content (AvgIpc) is 3.16. The van der Waals surface area contributed by atoms with Crippen molar-refractivity contribution in [2.45, 2.75) is 18.4 Å². The van der Waals surface area contributed by atoms with Gasteiger partial charge in [0.2, 0.25) is 0 Å². The zero-order valence-corrected chi connectivity index (χ0v) is 15.9. The van der Waals surface area contributed by atoms with Crippen molar-refractivity contribution in [2.24, 2.45) is 0 Å². The summed E-state index contributed by atoms with van der Waals surface area (Å²) < 4.78 is 40.4. The number of benzene rings is 2. The summed E-state index contributed by atoms with van der Waals surface area (Å²) in [5.74, 6) is 1.22. The SMILES string of the molecule is CCn1nnnc1-c1ccc(OC)c(S(=O)(=O)Nc2cccc(OC)c2)c1. The van der Waals surface area contributed by atoms with Crippen molar-refractivity contribution < 1.29 is 17.9 Å². The van der Waals surface area contributed by atoms with Gasteiger partial charge in [0.1, 0.15) is 16.4 Å². The van der Waals surface area contributed by atoms with Crippen LogP contribution in [0.5, 0.6) is 11.5 Å². The topological polar surface area (TPSA) is 108 Å². The van der Waals surface area contributed by atoms with Gasteiger partial charge in [0, 0.05) is 18.2 Å². The lowest BCUT2D eigenvalue weighted by Gasteiger charge is -2.13. The maximum Gasteiger partial charge on any atom is 0.265 e. The number of anilines is 1. The summed E-state index contributed by atoms with van der Waals surface area (Å²) in [5.41, 5.74) is 0.939. The van der Waals surface area contributed by atoms with Gasteiger partial charge < -0.3 is 9.47 Å². The van der Waals surface area contributed by atoms with E-state index in [1.165, 1.54) is 20.3 Å². The van der Waals surface area contributed by atoms with Crippen molar-refractivity contribution in [1.82, 2.24) is 20.2 Å². The monoisotopic (exact) mass is 389 g/mol. The first-order valence-corrected chi connectivity index (χ1v) is 9.58. The lowest BCUT2D eigenvalue weighted by molar-refractivity contribution is 0.403. The van der Waals surface area contributed by atoms with Crippen LogP contribution >= 0.6 is 0 Å². The molecule has 1 N–H and O–H groups in total. The fourth-order valence-corrected chi connectivity index (χ4v) is 3.79. The van der Waals surface area contributed by atoms with E-state index in [9.17, 15) is 8.42 Å². The predicted molar refractivity (Wildman–Crippen MR) is 99.3 cm³/mol. The molecule has 142 valence electrons. The highest BCUT2D eigenvalue weighted by atomic mass is 32.2. The molecular formula is C17H19N5O4S. The van der Waals surface area contributed by atoms with Crippen LogP contribution < -0.4 is 14.2 Å². The third-order valence-electron chi connectivity index (χ3n) is 3.86. The molecule has 0 saturated carbocycles. The summed E-state index contributed by atoms with van der Waals surface area (Å²) in [5, 5.41) is 11.5. The molecule has 3 rings (SSSR count). The highest BCUT2D eigenvalue weighted by Gasteiger charge is 2.22. The first-order chi connectivity index (χ1) is 13.0. The Balaban J connectivity index is 2.04. The molecule has 0 atom stereocenters. The number of sulfonamides is 1. The van der Waals surface area contributed by atoms with E-state index >= 15 is 0 Å². The molecule has 0 aliphatic carbocycles. The smallest absolute Gasteiger partial charge is 0.265 e. The van der Waals surface area contributed by atoms with Gasteiger partial charge in [-0.15, -0.1) is 5.10 Å². The van der Waals surface area contributed by atoms with Crippen LogP contribution in [0.2, 0.25) is 0 Å². The minimum atomic E-state index is -3.92. The number of nitrogens with one attached hydrogen (secondary N) is 1. The maximum atomic E-state index is 13.0. The quantitative estimate of drug-likeness (QED) is 0.660. The Morgan fingerprint density at radius 2 is 1.93 bits per heavy atom. The Bertz CT molecular complexity index is 1050. The van der Waals surface area contributed by atoms with Gasteiger partial charge in [0.15, 0.2) is 5.82 Å². The standard InChI is InChI=1S/C17H19N5O4S/c1-4-22-17(18-20-21-22)12-8-9-15(26-3)16(10-12)27(23,24)19-13-6-5-7-14(11-13)25-2/h5-11,19H,4H2,1-3H3. The van der Waals surface area contributed by atoms with E-state index in [1.807, 2.05) is 6.92 Å². The molecule has 0 radical (unpaired) electrons.